The fourth-order valence-electron chi connectivity index (χ4n) is 4.07. The number of nitrogens with one attached hydrogen (secondary N) is 1. The summed E-state index contributed by atoms with van der Waals surface area (Å²) < 4.78 is 2.09. The van der Waals surface area contributed by atoms with E-state index in [0.29, 0.717) is 17.3 Å². The fourth-order valence-corrected chi connectivity index (χ4v) is 4.07. The third-order valence-corrected chi connectivity index (χ3v) is 5.79. The van der Waals surface area contributed by atoms with Crippen LogP contribution in [0.4, 0.5) is 11.5 Å². The molecule has 154 valence electrons. The average molecular weight is 402 g/mol. The molecule has 3 N–H and O–H groups in total. The number of amides is 1. The van der Waals surface area contributed by atoms with Crippen LogP contribution < -0.4 is 11.1 Å². The lowest BCUT2D eigenvalue weighted by Gasteiger charge is -2.20. The van der Waals surface area contributed by atoms with Crippen LogP contribution in [-0.4, -0.2) is 20.4 Å². The average Bonchev–Trinajstić information content (AvgIpc) is 3.03. The van der Waals surface area contributed by atoms with E-state index in [1.165, 1.54) is 11.9 Å². The van der Waals surface area contributed by atoms with Gasteiger partial charge in [0.2, 0.25) is 0 Å². The zero-order valence-corrected chi connectivity index (χ0v) is 17.7. The topological polar surface area (TPSA) is 85.8 Å². The molecule has 1 aromatic carbocycles. The Morgan fingerprint density at radius 1 is 1.27 bits per heavy atom. The van der Waals surface area contributed by atoms with Gasteiger partial charge in [-0.3, -0.25) is 4.79 Å². The van der Waals surface area contributed by atoms with E-state index in [4.69, 9.17) is 5.73 Å². The number of benzene rings is 1. The van der Waals surface area contributed by atoms with Crippen molar-refractivity contribution in [2.24, 2.45) is 13.0 Å². The number of nitrogens with two attached hydrogens (primary N) is 1. The predicted octanol–water partition coefficient (Wildman–Crippen LogP) is 4.94. The number of rotatable bonds is 4. The SMILES string of the molecule is C=C(C)C(=O)Nc1ccc(-c2c(C3=CC[C@@H](C)CC3)c3c(N)ncnc3n2C)cc1. The number of aryl methyl sites for hydroxylation is 1. The third kappa shape index (κ3) is 3.49. The Bertz CT molecular complexity index is 1170. The van der Waals surface area contributed by atoms with Gasteiger partial charge >= 0.3 is 0 Å². The first kappa shape index (κ1) is 19.9. The van der Waals surface area contributed by atoms with E-state index in [1.54, 1.807) is 6.92 Å². The maximum Gasteiger partial charge on any atom is 0.250 e. The molecule has 6 heteroatoms. The molecule has 0 bridgehead atoms. The van der Waals surface area contributed by atoms with Crippen LogP contribution in [0.2, 0.25) is 0 Å². The van der Waals surface area contributed by atoms with E-state index in [-0.39, 0.29) is 5.91 Å². The van der Waals surface area contributed by atoms with Gasteiger partial charge in [0.25, 0.3) is 5.91 Å². The summed E-state index contributed by atoms with van der Waals surface area (Å²) in [5.74, 6) is 1.01. The molecule has 0 unspecified atom stereocenters. The molecule has 0 spiro atoms. The smallest absolute Gasteiger partial charge is 0.250 e. The maximum atomic E-state index is 11.9. The van der Waals surface area contributed by atoms with Crippen LogP contribution in [0.1, 0.15) is 38.7 Å². The summed E-state index contributed by atoms with van der Waals surface area (Å²) in [6, 6.07) is 7.84. The molecule has 30 heavy (non-hydrogen) atoms. The minimum absolute atomic E-state index is 0.183. The second-order valence-electron chi connectivity index (χ2n) is 8.16. The van der Waals surface area contributed by atoms with Gasteiger partial charge in [-0.25, -0.2) is 9.97 Å². The quantitative estimate of drug-likeness (QED) is 0.607. The number of hydrogen-bond donors (Lipinski definition) is 2. The number of anilines is 2. The molecule has 1 amide bonds. The van der Waals surface area contributed by atoms with Crippen LogP contribution in [0, 0.1) is 5.92 Å². The molecule has 0 fully saturated rings. The van der Waals surface area contributed by atoms with Crippen LogP contribution in [0.5, 0.6) is 0 Å². The minimum atomic E-state index is -0.183. The van der Waals surface area contributed by atoms with E-state index in [2.05, 4.69) is 39.4 Å². The third-order valence-electron chi connectivity index (χ3n) is 5.79. The van der Waals surface area contributed by atoms with Crippen molar-refractivity contribution in [3.63, 3.8) is 0 Å². The van der Waals surface area contributed by atoms with Crippen molar-refractivity contribution in [3.05, 3.63) is 54.4 Å². The normalized spacial score (nSPS) is 16.4. The van der Waals surface area contributed by atoms with E-state index in [9.17, 15) is 4.79 Å². The molecule has 1 aliphatic rings. The molecule has 6 nitrogen and oxygen atoms in total. The minimum Gasteiger partial charge on any atom is -0.383 e. The number of fused-ring (bicyclic) bond motifs is 1. The lowest BCUT2D eigenvalue weighted by atomic mass is 9.86. The Labute approximate surface area is 176 Å². The van der Waals surface area contributed by atoms with Crippen molar-refractivity contribution < 1.29 is 4.79 Å². The van der Waals surface area contributed by atoms with Crippen LogP contribution in [0.3, 0.4) is 0 Å². The zero-order valence-electron chi connectivity index (χ0n) is 17.7. The predicted molar refractivity (Wildman–Crippen MR) is 123 cm³/mol. The summed E-state index contributed by atoms with van der Waals surface area (Å²) in [5, 5.41) is 3.77. The van der Waals surface area contributed by atoms with Gasteiger partial charge < -0.3 is 15.6 Å². The van der Waals surface area contributed by atoms with Gasteiger partial charge in [0.15, 0.2) is 0 Å². The molecule has 0 radical (unpaired) electrons. The van der Waals surface area contributed by atoms with Gasteiger partial charge in [-0.2, -0.15) is 0 Å². The highest BCUT2D eigenvalue weighted by Gasteiger charge is 2.24. The summed E-state index contributed by atoms with van der Waals surface area (Å²) >= 11 is 0. The first-order chi connectivity index (χ1) is 14.4. The van der Waals surface area contributed by atoms with Gasteiger partial charge in [-0.05, 0) is 55.4 Å². The number of aromatic nitrogens is 3. The Morgan fingerprint density at radius 2 is 2.00 bits per heavy atom. The number of hydrogen-bond acceptors (Lipinski definition) is 4. The second-order valence-corrected chi connectivity index (χ2v) is 8.16. The van der Waals surface area contributed by atoms with Crippen molar-refractivity contribution in [1.82, 2.24) is 14.5 Å². The lowest BCUT2D eigenvalue weighted by molar-refractivity contribution is -0.112. The van der Waals surface area contributed by atoms with Crippen molar-refractivity contribution in [2.75, 3.05) is 11.1 Å². The Hall–Kier alpha value is -3.41. The molecule has 2 aromatic heterocycles. The number of nitrogens with zero attached hydrogens (tertiary/aromatic N) is 3. The van der Waals surface area contributed by atoms with Gasteiger partial charge in [-0.15, -0.1) is 0 Å². The summed E-state index contributed by atoms with van der Waals surface area (Å²) in [7, 11) is 2.01. The van der Waals surface area contributed by atoms with E-state index in [1.807, 2.05) is 31.3 Å². The number of carbonyl (C=O) groups is 1. The number of carbonyl (C=O) groups excluding carboxylic acids is 1. The molecule has 0 aliphatic heterocycles. The van der Waals surface area contributed by atoms with Gasteiger partial charge in [0.1, 0.15) is 17.8 Å². The van der Waals surface area contributed by atoms with E-state index in [0.717, 1.165) is 52.8 Å². The van der Waals surface area contributed by atoms with E-state index < -0.39 is 0 Å². The van der Waals surface area contributed by atoms with Crippen molar-refractivity contribution >= 4 is 34.0 Å². The van der Waals surface area contributed by atoms with Gasteiger partial charge in [0, 0.05) is 23.9 Å². The van der Waals surface area contributed by atoms with Crippen molar-refractivity contribution in [3.8, 4) is 11.3 Å². The Balaban J connectivity index is 1.86. The summed E-state index contributed by atoms with van der Waals surface area (Å²) in [5.41, 5.74) is 12.9. The van der Waals surface area contributed by atoms with Crippen LogP contribution in [-0.2, 0) is 11.8 Å². The van der Waals surface area contributed by atoms with Crippen molar-refractivity contribution in [2.45, 2.75) is 33.1 Å². The Kier molecular flexibility index (Phi) is 5.16. The second kappa shape index (κ2) is 7.78. The van der Waals surface area contributed by atoms with Crippen LogP contribution in [0.25, 0.3) is 27.9 Å². The highest BCUT2D eigenvalue weighted by Crippen LogP contribution is 2.42. The molecule has 1 atom stereocenters. The van der Waals surface area contributed by atoms with Crippen molar-refractivity contribution in [1.29, 1.82) is 0 Å². The largest absolute Gasteiger partial charge is 0.383 e. The molecular formula is C24H27N5O. The molecule has 0 saturated heterocycles. The molecular weight excluding hydrogens is 374 g/mol. The standard InChI is InChI=1S/C24H27N5O/c1-14(2)24(30)28-18-11-9-17(10-12-18)21-19(16-7-5-15(3)6-8-16)20-22(25)26-13-27-23(20)29(21)4/h7,9-13,15H,1,5-6,8H2,2-4H3,(H,28,30)(H2,25,26,27)/t15-/m1/s1. The first-order valence-electron chi connectivity index (χ1n) is 10.2. The number of allylic oxidation sites excluding steroid dienone is 2. The van der Waals surface area contributed by atoms with Gasteiger partial charge in [0.05, 0.1) is 11.1 Å². The monoisotopic (exact) mass is 401 g/mol. The first-order valence-corrected chi connectivity index (χ1v) is 10.2. The van der Waals surface area contributed by atoms with Crippen LogP contribution >= 0.6 is 0 Å². The van der Waals surface area contributed by atoms with Crippen LogP contribution in [0.15, 0.2) is 48.8 Å². The molecule has 1 aliphatic carbocycles. The molecule has 4 rings (SSSR count). The fraction of sp³-hybridized carbons (Fsp3) is 0.292. The summed E-state index contributed by atoms with van der Waals surface area (Å²) in [4.78, 5) is 20.7. The number of nitrogen functional groups attached to an aromatic ring is 1. The summed E-state index contributed by atoms with van der Waals surface area (Å²) in [6.45, 7) is 7.66. The highest BCUT2D eigenvalue weighted by atomic mass is 16.1. The molecule has 2 heterocycles. The maximum absolute atomic E-state index is 11.9. The zero-order chi connectivity index (χ0) is 21.4. The van der Waals surface area contributed by atoms with Gasteiger partial charge in [-0.1, -0.05) is 31.7 Å². The summed E-state index contributed by atoms with van der Waals surface area (Å²) in [6.07, 6.45) is 7.07. The molecule has 3 aromatic rings. The Morgan fingerprint density at radius 3 is 2.63 bits per heavy atom. The lowest BCUT2D eigenvalue weighted by Crippen LogP contribution is -2.11. The molecule has 0 saturated carbocycles. The highest BCUT2D eigenvalue weighted by molar-refractivity contribution is 6.05. The van der Waals surface area contributed by atoms with E-state index >= 15 is 0 Å².